The number of aromatic nitrogens is 2. The zero-order valence-electron chi connectivity index (χ0n) is 12.2. The van der Waals surface area contributed by atoms with Crippen LogP contribution >= 0.6 is 0 Å². The molecule has 4 nitrogen and oxygen atoms in total. The summed E-state index contributed by atoms with van der Waals surface area (Å²) in [5.74, 6) is 0.520. The highest BCUT2D eigenvalue weighted by Crippen LogP contribution is 2.45. The molecule has 112 valence electrons. The molecule has 0 amide bonds. The van der Waals surface area contributed by atoms with Gasteiger partial charge in [-0.1, -0.05) is 18.9 Å². The molecular formula is C17H22N2O2. The third-order valence-corrected chi connectivity index (χ3v) is 5.14. The summed E-state index contributed by atoms with van der Waals surface area (Å²) < 4.78 is 2.01. The molecule has 0 aliphatic heterocycles. The van der Waals surface area contributed by atoms with Crippen LogP contribution in [0.25, 0.3) is 5.52 Å². The molecule has 4 heteroatoms. The third-order valence-electron chi connectivity index (χ3n) is 5.14. The number of hydrogen-bond donors (Lipinski definition) is 2. The highest BCUT2D eigenvalue weighted by molar-refractivity contribution is 5.50. The molecule has 2 N–H and O–H groups in total. The minimum Gasteiger partial charge on any atom is -0.393 e. The van der Waals surface area contributed by atoms with E-state index in [9.17, 15) is 10.2 Å². The van der Waals surface area contributed by atoms with E-state index in [2.05, 4.69) is 17.1 Å². The van der Waals surface area contributed by atoms with Gasteiger partial charge in [0.1, 0.15) is 0 Å². The molecule has 2 aliphatic carbocycles. The summed E-state index contributed by atoms with van der Waals surface area (Å²) >= 11 is 0. The second-order valence-corrected chi connectivity index (χ2v) is 6.60. The SMILES string of the molecule is OC1CCCCC1C(O)c1c(C2CC2)ccc2cncn12. The van der Waals surface area contributed by atoms with Crippen LogP contribution in [0.3, 0.4) is 0 Å². The standard InChI is InChI=1S/C17H22N2O2/c20-15-4-2-1-3-14(15)17(21)16-13(11-5-6-11)8-7-12-9-18-10-19(12)16/h7-11,14-15,17,20-21H,1-6H2. The van der Waals surface area contributed by atoms with Gasteiger partial charge in [0.15, 0.2) is 0 Å². The Morgan fingerprint density at radius 3 is 2.71 bits per heavy atom. The summed E-state index contributed by atoms with van der Waals surface area (Å²) in [6.45, 7) is 0. The van der Waals surface area contributed by atoms with Gasteiger partial charge >= 0.3 is 0 Å². The summed E-state index contributed by atoms with van der Waals surface area (Å²) in [5, 5.41) is 21.3. The van der Waals surface area contributed by atoms with Crippen LogP contribution in [0.4, 0.5) is 0 Å². The second-order valence-electron chi connectivity index (χ2n) is 6.60. The highest BCUT2D eigenvalue weighted by Gasteiger charge is 2.36. The van der Waals surface area contributed by atoms with Gasteiger partial charge in [0.05, 0.1) is 35.9 Å². The van der Waals surface area contributed by atoms with Crippen LogP contribution in [0.1, 0.15) is 61.8 Å². The molecular weight excluding hydrogens is 264 g/mol. The molecule has 3 atom stereocenters. The van der Waals surface area contributed by atoms with Gasteiger partial charge in [-0.05, 0) is 43.2 Å². The zero-order chi connectivity index (χ0) is 14.4. The highest BCUT2D eigenvalue weighted by atomic mass is 16.3. The predicted molar refractivity (Wildman–Crippen MR) is 80.1 cm³/mol. The van der Waals surface area contributed by atoms with E-state index in [4.69, 9.17) is 0 Å². The Bertz CT molecular complexity index is 647. The molecule has 2 aromatic heterocycles. The maximum absolute atomic E-state index is 11.0. The zero-order valence-corrected chi connectivity index (χ0v) is 12.2. The van der Waals surface area contributed by atoms with Crippen LogP contribution in [0.15, 0.2) is 24.7 Å². The Kier molecular flexibility index (Phi) is 3.23. The number of hydrogen-bond acceptors (Lipinski definition) is 3. The minimum absolute atomic E-state index is 0.0516. The molecule has 2 aromatic rings. The summed E-state index contributed by atoms with van der Waals surface area (Å²) in [5.41, 5.74) is 3.21. The van der Waals surface area contributed by atoms with Crippen molar-refractivity contribution in [3.05, 3.63) is 35.9 Å². The molecule has 2 heterocycles. The first-order valence-corrected chi connectivity index (χ1v) is 8.06. The summed E-state index contributed by atoms with van der Waals surface area (Å²) in [6, 6.07) is 4.22. The van der Waals surface area contributed by atoms with Crippen LogP contribution in [-0.4, -0.2) is 25.7 Å². The van der Waals surface area contributed by atoms with Gasteiger partial charge < -0.3 is 14.6 Å². The molecule has 21 heavy (non-hydrogen) atoms. The van der Waals surface area contributed by atoms with Gasteiger partial charge in [0, 0.05) is 5.92 Å². The summed E-state index contributed by atoms with van der Waals surface area (Å²) in [4.78, 5) is 4.22. The molecule has 0 saturated heterocycles. The third kappa shape index (κ3) is 2.27. The maximum Gasteiger partial charge on any atom is 0.0999 e. The number of imidazole rings is 1. The van der Waals surface area contributed by atoms with Crippen LogP contribution in [0.5, 0.6) is 0 Å². The van der Waals surface area contributed by atoms with E-state index in [-0.39, 0.29) is 12.0 Å². The fourth-order valence-electron chi connectivity index (χ4n) is 3.79. The molecule has 0 bridgehead atoms. The Balaban J connectivity index is 1.79. The number of aliphatic hydroxyl groups is 2. The minimum atomic E-state index is -0.603. The summed E-state index contributed by atoms with van der Waals surface area (Å²) in [7, 11) is 0. The Morgan fingerprint density at radius 1 is 1.14 bits per heavy atom. The van der Waals surface area contributed by atoms with E-state index < -0.39 is 6.10 Å². The lowest BCUT2D eigenvalue weighted by atomic mass is 9.80. The smallest absolute Gasteiger partial charge is 0.0999 e. The van der Waals surface area contributed by atoms with Gasteiger partial charge in [-0.2, -0.15) is 0 Å². The average molecular weight is 286 g/mol. The number of nitrogens with zero attached hydrogens (tertiary/aromatic N) is 2. The van der Waals surface area contributed by atoms with E-state index in [1.165, 1.54) is 18.4 Å². The fraction of sp³-hybridized carbons (Fsp3) is 0.588. The Morgan fingerprint density at radius 2 is 1.95 bits per heavy atom. The van der Waals surface area contributed by atoms with Crippen molar-refractivity contribution < 1.29 is 10.2 Å². The number of rotatable bonds is 3. The van der Waals surface area contributed by atoms with Gasteiger partial charge in [0.2, 0.25) is 0 Å². The molecule has 2 saturated carbocycles. The first-order chi connectivity index (χ1) is 10.3. The van der Waals surface area contributed by atoms with Crippen molar-refractivity contribution >= 4 is 5.52 Å². The van der Waals surface area contributed by atoms with E-state index in [0.29, 0.717) is 5.92 Å². The van der Waals surface area contributed by atoms with Crippen molar-refractivity contribution in [3.63, 3.8) is 0 Å². The lowest BCUT2D eigenvalue weighted by Gasteiger charge is -2.32. The number of fused-ring (bicyclic) bond motifs is 1. The Hall–Kier alpha value is -1.39. The molecule has 2 aliphatic rings. The lowest BCUT2D eigenvalue weighted by molar-refractivity contribution is -0.0161. The molecule has 3 unspecified atom stereocenters. The molecule has 0 spiro atoms. The number of pyridine rings is 1. The molecule has 4 rings (SSSR count). The van der Waals surface area contributed by atoms with Crippen molar-refractivity contribution in [2.45, 2.75) is 56.7 Å². The van der Waals surface area contributed by atoms with Crippen molar-refractivity contribution in [1.82, 2.24) is 9.38 Å². The largest absolute Gasteiger partial charge is 0.393 e. The molecule has 0 radical (unpaired) electrons. The van der Waals surface area contributed by atoms with Crippen LogP contribution < -0.4 is 0 Å². The normalized spacial score (nSPS) is 27.9. The van der Waals surface area contributed by atoms with Crippen molar-refractivity contribution in [3.8, 4) is 0 Å². The van der Waals surface area contributed by atoms with Crippen LogP contribution in [-0.2, 0) is 0 Å². The van der Waals surface area contributed by atoms with Crippen LogP contribution in [0.2, 0.25) is 0 Å². The van der Waals surface area contributed by atoms with Crippen LogP contribution in [0, 0.1) is 5.92 Å². The lowest BCUT2D eigenvalue weighted by Crippen LogP contribution is -2.31. The van der Waals surface area contributed by atoms with Crippen molar-refractivity contribution in [2.24, 2.45) is 5.92 Å². The quantitative estimate of drug-likeness (QED) is 0.912. The Labute approximate surface area is 124 Å². The van der Waals surface area contributed by atoms with Gasteiger partial charge in [0.25, 0.3) is 0 Å². The van der Waals surface area contributed by atoms with Gasteiger partial charge in [-0.25, -0.2) is 4.98 Å². The first-order valence-electron chi connectivity index (χ1n) is 8.06. The fourth-order valence-corrected chi connectivity index (χ4v) is 3.79. The topological polar surface area (TPSA) is 57.8 Å². The van der Waals surface area contributed by atoms with E-state index in [1.807, 2.05) is 10.6 Å². The average Bonchev–Trinajstić information content (AvgIpc) is 3.23. The molecule has 0 aromatic carbocycles. The maximum atomic E-state index is 11.0. The van der Waals surface area contributed by atoms with Gasteiger partial charge in [-0.3, -0.25) is 0 Å². The van der Waals surface area contributed by atoms with Crippen molar-refractivity contribution in [2.75, 3.05) is 0 Å². The van der Waals surface area contributed by atoms with E-state index >= 15 is 0 Å². The number of aliphatic hydroxyl groups excluding tert-OH is 2. The monoisotopic (exact) mass is 286 g/mol. The van der Waals surface area contributed by atoms with E-state index in [0.717, 1.165) is 36.9 Å². The predicted octanol–water partition coefficient (Wildman–Crippen LogP) is 2.80. The van der Waals surface area contributed by atoms with Crippen molar-refractivity contribution in [1.29, 1.82) is 0 Å². The molecule has 2 fully saturated rings. The first kappa shape index (κ1) is 13.3. The summed E-state index contributed by atoms with van der Waals surface area (Å²) in [6.07, 6.45) is 8.89. The van der Waals surface area contributed by atoms with E-state index in [1.54, 1.807) is 6.33 Å². The second kappa shape index (κ2) is 5.11. The van der Waals surface area contributed by atoms with Gasteiger partial charge in [-0.15, -0.1) is 0 Å².